The Morgan fingerprint density at radius 2 is 1.80 bits per heavy atom. The van der Waals surface area contributed by atoms with Crippen molar-refractivity contribution in [3.05, 3.63) is 12.0 Å². The third kappa shape index (κ3) is 3.60. The molecular weight excluding hydrogens is 300 g/mol. The molecule has 1 saturated carbocycles. The second kappa shape index (κ2) is 6.13. The molecule has 8 heteroatoms. The molecule has 0 aromatic carbocycles. The normalized spacial score (nSPS) is 26.1. The second-order valence-corrected chi connectivity index (χ2v) is 9.45. The Morgan fingerprint density at radius 1 is 1.15 bits per heavy atom. The van der Waals surface area contributed by atoms with E-state index >= 15 is 0 Å². The molecular formula is C12H22N2O4S2. The van der Waals surface area contributed by atoms with E-state index in [9.17, 15) is 16.8 Å². The number of rotatable bonds is 6. The van der Waals surface area contributed by atoms with Crippen LogP contribution >= 0.6 is 0 Å². The van der Waals surface area contributed by atoms with Crippen molar-refractivity contribution in [2.45, 2.75) is 37.4 Å². The third-order valence-electron chi connectivity index (χ3n) is 4.12. The van der Waals surface area contributed by atoms with Gasteiger partial charge in [-0.05, 0) is 25.2 Å². The molecule has 1 aliphatic carbocycles. The van der Waals surface area contributed by atoms with E-state index in [1.165, 1.54) is 4.31 Å². The zero-order valence-electron chi connectivity index (χ0n) is 11.5. The first-order valence-corrected chi connectivity index (χ1v) is 10.0. The molecule has 0 aromatic heterocycles. The van der Waals surface area contributed by atoms with Gasteiger partial charge < -0.3 is 0 Å². The van der Waals surface area contributed by atoms with E-state index in [4.69, 9.17) is 0 Å². The number of nitrogens with one attached hydrogen (secondary N) is 1. The molecule has 20 heavy (non-hydrogen) atoms. The molecule has 116 valence electrons. The maximum Gasteiger partial charge on any atom is 0.233 e. The Morgan fingerprint density at radius 3 is 2.40 bits per heavy atom. The van der Waals surface area contributed by atoms with Gasteiger partial charge in [0, 0.05) is 25.0 Å². The first kappa shape index (κ1) is 15.9. The SMILES string of the molecule is C=CS(=O)(=O)NC[C@H]1CCN(S(=O)(=O)C2CCCC2)C1. The topological polar surface area (TPSA) is 83.6 Å². The highest BCUT2D eigenvalue weighted by molar-refractivity contribution is 7.92. The van der Waals surface area contributed by atoms with Crippen molar-refractivity contribution in [2.75, 3.05) is 19.6 Å². The zero-order valence-corrected chi connectivity index (χ0v) is 13.1. The van der Waals surface area contributed by atoms with Gasteiger partial charge in [-0.25, -0.2) is 25.9 Å². The third-order valence-corrected chi connectivity index (χ3v) is 7.50. The minimum absolute atomic E-state index is 0.0425. The Kier molecular flexibility index (Phi) is 4.88. The van der Waals surface area contributed by atoms with Gasteiger partial charge >= 0.3 is 0 Å². The van der Waals surface area contributed by atoms with Crippen molar-refractivity contribution in [2.24, 2.45) is 5.92 Å². The summed E-state index contributed by atoms with van der Waals surface area (Å²) >= 11 is 0. The largest absolute Gasteiger partial charge is 0.233 e. The first-order chi connectivity index (χ1) is 9.35. The summed E-state index contributed by atoms with van der Waals surface area (Å²) in [5, 5.41) is 0.640. The van der Waals surface area contributed by atoms with E-state index < -0.39 is 20.0 Å². The van der Waals surface area contributed by atoms with E-state index in [1.54, 1.807) is 0 Å². The minimum atomic E-state index is -3.43. The Balaban J connectivity index is 1.90. The lowest BCUT2D eigenvalue weighted by Crippen LogP contribution is -2.37. The molecule has 1 atom stereocenters. The van der Waals surface area contributed by atoms with Gasteiger partial charge in [0.05, 0.1) is 5.25 Å². The van der Waals surface area contributed by atoms with E-state index in [0.29, 0.717) is 19.5 Å². The Bertz CT molecular complexity index is 550. The predicted octanol–water partition coefficient (Wildman–Crippen LogP) is 0.644. The minimum Gasteiger partial charge on any atom is -0.212 e. The van der Waals surface area contributed by atoms with Crippen LogP contribution in [0.15, 0.2) is 12.0 Å². The van der Waals surface area contributed by atoms with Gasteiger partial charge in [0.1, 0.15) is 0 Å². The number of sulfonamides is 2. The van der Waals surface area contributed by atoms with Crippen LogP contribution in [0.5, 0.6) is 0 Å². The van der Waals surface area contributed by atoms with Crippen molar-refractivity contribution in [3.63, 3.8) is 0 Å². The number of nitrogens with zero attached hydrogens (tertiary/aromatic N) is 1. The van der Waals surface area contributed by atoms with Gasteiger partial charge in [-0.3, -0.25) is 0 Å². The maximum absolute atomic E-state index is 12.4. The van der Waals surface area contributed by atoms with Crippen LogP contribution in [0.1, 0.15) is 32.1 Å². The van der Waals surface area contributed by atoms with Crippen LogP contribution in [-0.4, -0.2) is 46.0 Å². The summed E-state index contributed by atoms with van der Waals surface area (Å²) in [6.45, 7) is 4.41. The van der Waals surface area contributed by atoms with Crippen LogP contribution in [0.2, 0.25) is 0 Å². The predicted molar refractivity (Wildman–Crippen MR) is 78.0 cm³/mol. The monoisotopic (exact) mass is 322 g/mol. The van der Waals surface area contributed by atoms with Crippen molar-refractivity contribution in [1.29, 1.82) is 0 Å². The summed E-state index contributed by atoms with van der Waals surface area (Å²) in [7, 11) is -6.62. The van der Waals surface area contributed by atoms with E-state index in [1.807, 2.05) is 0 Å². The molecule has 0 spiro atoms. The van der Waals surface area contributed by atoms with Gasteiger partial charge in [-0.1, -0.05) is 19.4 Å². The van der Waals surface area contributed by atoms with Gasteiger partial charge in [-0.2, -0.15) is 0 Å². The van der Waals surface area contributed by atoms with Crippen LogP contribution in [0.4, 0.5) is 0 Å². The lowest BCUT2D eigenvalue weighted by atomic mass is 10.1. The average Bonchev–Trinajstić information content (AvgIpc) is 3.08. The fourth-order valence-corrected chi connectivity index (χ4v) is 5.60. The molecule has 2 fully saturated rings. The molecule has 0 radical (unpaired) electrons. The molecule has 2 aliphatic rings. The molecule has 0 amide bonds. The maximum atomic E-state index is 12.4. The van der Waals surface area contributed by atoms with Gasteiger partial charge in [0.15, 0.2) is 0 Å². The molecule has 0 unspecified atom stereocenters. The molecule has 0 aromatic rings. The summed E-state index contributed by atoms with van der Waals surface area (Å²) < 4.78 is 51.3. The van der Waals surface area contributed by atoms with E-state index in [-0.39, 0.29) is 17.7 Å². The Labute approximate surface area is 121 Å². The highest BCUT2D eigenvalue weighted by Gasteiger charge is 2.38. The highest BCUT2D eigenvalue weighted by atomic mass is 32.2. The molecule has 6 nitrogen and oxygen atoms in total. The van der Waals surface area contributed by atoms with Crippen molar-refractivity contribution in [1.82, 2.24) is 9.03 Å². The van der Waals surface area contributed by atoms with Crippen LogP contribution in [0.25, 0.3) is 0 Å². The summed E-state index contributed by atoms with van der Waals surface area (Å²) in [6, 6.07) is 0. The van der Waals surface area contributed by atoms with Crippen molar-refractivity contribution < 1.29 is 16.8 Å². The standard InChI is InChI=1S/C12H22N2O4S2/c1-2-19(15,16)13-9-11-7-8-14(10-11)20(17,18)12-5-3-4-6-12/h2,11-13H,1,3-10H2/t11-/m1/s1. The second-order valence-electron chi connectivity index (χ2n) is 5.52. The summed E-state index contributed by atoms with van der Waals surface area (Å²) in [5.74, 6) is 0.0425. The molecule has 1 aliphatic heterocycles. The van der Waals surface area contributed by atoms with Crippen molar-refractivity contribution in [3.8, 4) is 0 Å². The molecule has 1 N–H and O–H groups in total. The summed E-state index contributed by atoms with van der Waals surface area (Å²) in [4.78, 5) is 0. The highest BCUT2D eigenvalue weighted by Crippen LogP contribution is 2.30. The fraction of sp³-hybridized carbons (Fsp3) is 0.833. The molecule has 1 saturated heterocycles. The lowest BCUT2D eigenvalue weighted by molar-refractivity contribution is 0.445. The quantitative estimate of drug-likeness (QED) is 0.778. The summed E-state index contributed by atoms with van der Waals surface area (Å²) in [6.07, 6.45) is 4.19. The fourth-order valence-electron chi connectivity index (χ4n) is 2.88. The van der Waals surface area contributed by atoms with E-state index in [2.05, 4.69) is 11.3 Å². The van der Waals surface area contributed by atoms with E-state index in [0.717, 1.165) is 31.1 Å². The van der Waals surface area contributed by atoms with Crippen LogP contribution in [0, 0.1) is 5.92 Å². The molecule has 0 bridgehead atoms. The van der Waals surface area contributed by atoms with Crippen LogP contribution in [-0.2, 0) is 20.0 Å². The van der Waals surface area contributed by atoms with Gasteiger partial charge in [0.2, 0.25) is 20.0 Å². The van der Waals surface area contributed by atoms with Crippen LogP contribution < -0.4 is 4.72 Å². The molecule has 1 heterocycles. The first-order valence-electron chi connectivity index (χ1n) is 6.96. The van der Waals surface area contributed by atoms with Gasteiger partial charge in [-0.15, -0.1) is 0 Å². The Hall–Kier alpha value is -0.440. The van der Waals surface area contributed by atoms with Crippen LogP contribution in [0.3, 0.4) is 0 Å². The van der Waals surface area contributed by atoms with Crippen molar-refractivity contribution >= 4 is 20.0 Å². The van der Waals surface area contributed by atoms with Gasteiger partial charge in [0.25, 0.3) is 0 Å². The summed E-state index contributed by atoms with van der Waals surface area (Å²) in [5.41, 5.74) is 0. The zero-order chi connectivity index (χ0) is 14.8. The average molecular weight is 322 g/mol. The number of hydrogen-bond acceptors (Lipinski definition) is 4. The smallest absolute Gasteiger partial charge is 0.212 e. The number of hydrogen-bond donors (Lipinski definition) is 1. The lowest BCUT2D eigenvalue weighted by Gasteiger charge is -2.21. The molecule has 2 rings (SSSR count).